The first-order valence-corrected chi connectivity index (χ1v) is 11.6. The molecule has 0 radical (unpaired) electrons. The van der Waals surface area contributed by atoms with Crippen LogP contribution in [0.15, 0.2) is 24.7 Å². The van der Waals surface area contributed by atoms with E-state index in [1.54, 1.807) is 12.4 Å². The Kier molecular flexibility index (Phi) is 5.79. The first kappa shape index (κ1) is 19.7. The number of anilines is 1. The van der Waals surface area contributed by atoms with Gasteiger partial charge in [0.25, 0.3) is 0 Å². The van der Waals surface area contributed by atoms with Crippen molar-refractivity contribution in [1.82, 2.24) is 24.8 Å². The second-order valence-corrected chi connectivity index (χ2v) is 9.03. The fourth-order valence-corrected chi connectivity index (χ4v) is 5.43. The van der Waals surface area contributed by atoms with Crippen LogP contribution >= 0.6 is 0 Å². The molecule has 3 aliphatic heterocycles. The number of piperidine rings is 3. The van der Waals surface area contributed by atoms with Crippen molar-refractivity contribution in [2.24, 2.45) is 5.92 Å². The summed E-state index contributed by atoms with van der Waals surface area (Å²) in [6.07, 6.45) is 13.6. The van der Waals surface area contributed by atoms with E-state index in [4.69, 9.17) is 0 Å². The highest BCUT2D eigenvalue weighted by Gasteiger charge is 2.33. The van der Waals surface area contributed by atoms with Crippen LogP contribution in [-0.4, -0.2) is 76.0 Å². The van der Waals surface area contributed by atoms with Crippen molar-refractivity contribution in [3.05, 3.63) is 24.7 Å². The van der Waals surface area contributed by atoms with E-state index in [0.717, 1.165) is 63.1 Å². The molecule has 7 heteroatoms. The van der Waals surface area contributed by atoms with Gasteiger partial charge in [-0.15, -0.1) is 0 Å². The van der Waals surface area contributed by atoms with Gasteiger partial charge < -0.3 is 14.7 Å². The first-order chi connectivity index (χ1) is 14.8. The molecule has 3 aliphatic rings. The first-order valence-electron chi connectivity index (χ1n) is 11.6. The summed E-state index contributed by atoms with van der Waals surface area (Å²) >= 11 is 0. The number of carbonyl (C=O) groups excluding carboxylic acids is 1. The monoisotopic (exact) mass is 408 g/mol. The van der Waals surface area contributed by atoms with Crippen molar-refractivity contribution in [3.8, 4) is 0 Å². The summed E-state index contributed by atoms with van der Waals surface area (Å²) in [5.41, 5.74) is 2.52. The Morgan fingerprint density at radius 2 is 1.67 bits per heavy atom. The van der Waals surface area contributed by atoms with E-state index in [1.165, 1.54) is 32.4 Å². The minimum atomic E-state index is 0.0860. The van der Waals surface area contributed by atoms with E-state index >= 15 is 0 Å². The van der Waals surface area contributed by atoms with Gasteiger partial charge in [0.15, 0.2) is 5.65 Å². The third kappa shape index (κ3) is 4.13. The maximum atomic E-state index is 13.3. The zero-order valence-electron chi connectivity index (χ0n) is 17.7. The van der Waals surface area contributed by atoms with E-state index in [0.29, 0.717) is 17.6 Å². The number of fused-ring (bicyclic) bond motifs is 1. The zero-order chi connectivity index (χ0) is 20.3. The number of rotatable bonds is 3. The third-order valence-electron chi connectivity index (χ3n) is 7.13. The van der Waals surface area contributed by atoms with Gasteiger partial charge in [-0.05, 0) is 57.7 Å². The number of carbonyl (C=O) groups is 1. The van der Waals surface area contributed by atoms with E-state index in [-0.39, 0.29) is 5.92 Å². The molecule has 3 saturated heterocycles. The van der Waals surface area contributed by atoms with Crippen LogP contribution in [0, 0.1) is 5.92 Å². The van der Waals surface area contributed by atoms with Crippen LogP contribution < -0.4 is 4.90 Å². The van der Waals surface area contributed by atoms with Gasteiger partial charge in [0.05, 0.1) is 17.8 Å². The molecule has 2 aromatic rings. The van der Waals surface area contributed by atoms with Gasteiger partial charge in [-0.3, -0.25) is 9.78 Å². The summed E-state index contributed by atoms with van der Waals surface area (Å²) in [6, 6.07) is 2.73. The molecule has 30 heavy (non-hydrogen) atoms. The molecule has 0 spiro atoms. The van der Waals surface area contributed by atoms with Crippen LogP contribution in [0.2, 0.25) is 0 Å². The van der Waals surface area contributed by atoms with Crippen LogP contribution in [0.3, 0.4) is 0 Å². The Bertz CT molecular complexity index is 875. The fourth-order valence-electron chi connectivity index (χ4n) is 5.43. The van der Waals surface area contributed by atoms with E-state index in [2.05, 4.69) is 29.7 Å². The SMILES string of the molecule is O=C([C@H]1CCCN(c2cnc3nccnc3c2)C1)N1CCC(N2CCCCC2)CC1. The highest BCUT2D eigenvalue weighted by molar-refractivity contribution is 5.80. The standard InChI is InChI=1S/C23H32N6O/c30-23(28-13-6-19(7-14-28)27-10-2-1-3-11-27)18-5-4-12-29(17-18)20-15-21-22(26-16-20)25-9-8-24-21/h8-9,15-16,18-19H,1-7,10-14,17H2/t18-/m0/s1. The summed E-state index contributed by atoms with van der Waals surface area (Å²) in [4.78, 5) is 33.5. The number of nitrogens with zero attached hydrogens (tertiary/aromatic N) is 6. The average molecular weight is 409 g/mol. The smallest absolute Gasteiger partial charge is 0.227 e. The van der Waals surface area contributed by atoms with Gasteiger partial charge in [0.2, 0.25) is 5.91 Å². The topological polar surface area (TPSA) is 65.5 Å². The lowest BCUT2D eigenvalue weighted by Gasteiger charge is -2.42. The van der Waals surface area contributed by atoms with Crippen molar-refractivity contribution < 1.29 is 4.79 Å². The van der Waals surface area contributed by atoms with Gasteiger partial charge in [0, 0.05) is 44.6 Å². The minimum Gasteiger partial charge on any atom is -0.369 e. The summed E-state index contributed by atoms with van der Waals surface area (Å²) in [5, 5.41) is 0. The predicted octanol–water partition coefficient (Wildman–Crippen LogP) is 2.72. The molecule has 0 aliphatic carbocycles. The van der Waals surface area contributed by atoms with Crippen molar-refractivity contribution >= 4 is 22.8 Å². The number of hydrogen-bond acceptors (Lipinski definition) is 6. The van der Waals surface area contributed by atoms with Gasteiger partial charge >= 0.3 is 0 Å². The number of amides is 1. The van der Waals surface area contributed by atoms with Gasteiger partial charge in [-0.2, -0.15) is 0 Å². The Labute approximate surface area is 178 Å². The van der Waals surface area contributed by atoms with Crippen molar-refractivity contribution in [2.45, 2.75) is 51.0 Å². The molecule has 0 bridgehead atoms. The zero-order valence-corrected chi connectivity index (χ0v) is 17.7. The Hall–Kier alpha value is -2.28. The van der Waals surface area contributed by atoms with Crippen LogP contribution in [0.25, 0.3) is 11.2 Å². The highest BCUT2D eigenvalue weighted by Crippen LogP contribution is 2.27. The predicted molar refractivity (Wildman–Crippen MR) is 117 cm³/mol. The fraction of sp³-hybridized carbons (Fsp3) is 0.652. The molecule has 0 aromatic carbocycles. The summed E-state index contributed by atoms with van der Waals surface area (Å²) in [7, 11) is 0. The maximum Gasteiger partial charge on any atom is 0.227 e. The normalized spacial score (nSPS) is 24.3. The Morgan fingerprint density at radius 3 is 2.50 bits per heavy atom. The second-order valence-electron chi connectivity index (χ2n) is 9.03. The number of aromatic nitrogens is 3. The van der Waals surface area contributed by atoms with E-state index in [1.807, 2.05) is 12.3 Å². The number of pyridine rings is 1. The lowest BCUT2D eigenvalue weighted by Crippen LogP contribution is -2.51. The Balaban J connectivity index is 1.20. The van der Waals surface area contributed by atoms with Crippen LogP contribution in [0.5, 0.6) is 0 Å². The molecule has 0 unspecified atom stereocenters. The molecule has 0 saturated carbocycles. The molecule has 2 aromatic heterocycles. The molecule has 0 N–H and O–H groups in total. The van der Waals surface area contributed by atoms with Crippen LogP contribution in [-0.2, 0) is 4.79 Å². The van der Waals surface area contributed by atoms with Crippen LogP contribution in [0.4, 0.5) is 5.69 Å². The lowest BCUT2D eigenvalue weighted by molar-refractivity contribution is -0.137. The van der Waals surface area contributed by atoms with Crippen molar-refractivity contribution in [3.63, 3.8) is 0 Å². The molecular weight excluding hydrogens is 376 g/mol. The molecule has 1 amide bonds. The van der Waals surface area contributed by atoms with Gasteiger partial charge in [-0.25, -0.2) is 9.97 Å². The molecule has 5 rings (SSSR count). The summed E-state index contributed by atoms with van der Waals surface area (Å²) < 4.78 is 0. The molecule has 5 heterocycles. The number of likely N-dealkylation sites (tertiary alicyclic amines) is 2. The lowest BCUT2D eigenvalue weighted by atomic mass is 9.94. The van der Waals surface area contributed by atoms with E-state index < -0.39 is 0 Å². The number of hydrogen-bond donors (Lipinski definition) is 0. The largest absolute Gasteiger partial charge is 0.369 e. The molecule has 160 valence electrons. The summed E-state index contributed by atoms with van der Waals surface area (Å²) in [6.45, 7) is 6.08. The third-order valence-corrected chi connectivity index (χ3v) is 7.13. The van der Waals surface area contributed by atoms with Crippen molar-refractivity contribution in [1.29, 1.82) is 0 Å². The van der Waals surface area contributed by atoms with Crippen molar-refractivity contribution in [2.75, 3.05) is 44.2 Å². The second kappa shape index (κ2) is 8.84. The van der Waals surface area contributed by atoms with Gasteiger partial charge in [0.1, 0.15) is 5.52 Å². The quantitative estimate of drug-likeness (QED) is 0.778. The van der Waals surface area contributed by atoms with Crippen LogP contribution in [0.1, 0.15) is 44.9 Å². The Morgan fingerprint density at radius 1 is 0.867 bits per heavy atom. The summed E-state index contributed by atoms with van der Waals surface area (Å²) in [5.74, 6) is 0.438. The minimum absolute atomic E-state index is 0.0860. The molecular formula is C23H32N6O. The molecule has 3 fully saturated rings. The van der Waals surface area contributed by atoms with E-state index in [9.17, 15) is 4.79 Å². The maximum absolute atomic E-state index is 13.3. The molecule has 1 atom stereocenters. The highest BCUT2D eigenvalue weighted by atomic mass is 16.2. The average Bonchev–Trinajstić information content (AvgIpc) is 2.84. The van der Waals surface area contributed by atoms with Gasteiger partial charge in [-0.1, -0.05) is 6.42 Å². The molecule has 7 nitrogen and oxygen atoms in total.